The van der Waals surface area contributed by atoms with E-state index in [1.165, 1.54) is 11.8 Å². The summed E-state index contributed by atoms with van der Waals surface area (Å²) in [7, 11) is 0. The minimum absolute atomic E-state index is 0.331. The highest BCUT2D eigenvalue weighted by atomic mass is 16.2. The molecule has 0 spiro atoms. The van der Waals surface area contributed by atoms with Crippen molar-refractivity contribution in [3.63, 3.8) is 0 Å². The van der Waals surface area contributed by atoms with E-state index < -0.39 is 0 Å². The second-order valence-electron chi connectivity index (χ2n) is 4.78. The monoisotopic (exact) mass is 258 g/mol. The fourth-order valence-corrected chi connectivity index (χ4v) is 1.97. The van der Waals surface area contributed by atoms with Gasteiger partial charge >= 0.3 is 0 Å². The third-order valence-electron chi connectivity index (χ3n) is 3.19. The van der Waals surface area contributed by atoms with Crippen LogP contribution < -0.4 is 11.3 Å². The van der Waals surface area contributed by atoms with Gasteiger partial charge < -0.3 is 0 Å². The summed E-state index contributed by atoms with van der Waals surface area (Å²) in [5.74, 6) is 5.30. The fourth-order valence-electron chi connectivity index (χ4n) is 1.97. The number of hydrogen-bond acceptors (Lipinski definition) is 3. The number of benzene rings is 1. The third-order valence-corrected chi connectivity index (χ3v) is 3.19. The maximum absolute atomic E-state index is 11.5. The summed E-state index contributed by atoms with van der Waals surface area (Å²) in [5.41, 5.74) is 5.57. The van der Waals surface area contributed by atoms with Crippen molar-refractivity contribution in [1.29, 1.82) is 0 Å². The van der Waals surface area contributed by atoms with Crippen molar-refractivity contribution >= 4 is 5.91 Å². The van der Waals surface area contributed by atoms with Gasteiger partial charge in [-0.2, -0.15) is 5.10 Å². The van der Waals surface area contributed by atoms with Crippen LogP contribution in [0.4, 0.5) is 0 Å². The highest BCUT2D eigenvalue weighted by molar-refractivity contribution is 5.94. The zero-order chi connectivity index (χ0) is 14.0. The highest BCUT2D eigenvalue weighted by Crippen LogP contribution is 2.18. The predicted molar refractivity (Wildman–Crippen MR) is 74.0 cm³/mol. The Bertz CT molecular complexity index is 584. The Morgan fingerprint density at radius 2 is 1.95 bits per heavy atom. The third kappa shape index (κ3) is 2.51. The molecule has 100 valence electrons. The Morgan fingerprint density at radius 1 is 1.32 bits per heavy atom. The Balaban J connectivity index is 2.37. The van der Waals surface area contributed by atoms with E-state index in [4.69, 9.17) is 5.84 Å². The van der Waals surface area contributed by atoms with E-state index in [0.717, 1.165) is 11.4 Å². The molecule has 0 aliphatic rings. The first-order chi connectivity index (χ1) is 9.04. The smallest absolute Gasteiger partial charge is 0.268 e. The highest BCUT2D eigenvalue weighted by Gasteiger charge is 2.13. The van der Waals surface area contributed by atoms with E-state index in [-0.39, 0.29) is 5.91 Å². The van der Waals surface area contributed by atoms with Crippen molar-refractivity contribution < 1.29 is 4.79 Å². The first-order valence-electron chi connectivity index (χ1n) is 6.20. The number of nitrogen functional groups attached to an aromatic ring is 1. The lowest BCUT2D eigenvalue weighted by molar-refractivity contribution is 0.0953. The van der Waals surface area contributed by atoms with Crippen molar-refractivity contribution in [2.75, 3.05) is 0 Å². The molecule has 1 heterocycles. The molecule has 0 saturated heterocycles. The molecule has 0 aliphatic heterocycles. The molecular weight excluding hydrogens is 240 g/mol. The fraction of sp³-hybridized carbons (Fsp3) is 0.286. The lowest BCUT2D eigenvalue weighted by Crippen LogP contribution is -2.30. The van der Waals surface area contributed by atoms with E-state index in [9.17, 15) is 4.79 Å². The normalized spacial score (nSPS) is 10.8. The van der Waals surface area contributed by atoms with Crippen molar-refractivity contribution in [3.8, 4) is 5.69 Å². The van der Waals surface area contributed by atoms with Crippen LogP contribution in [0.2, 0.25) is 0 Å². The van der Waals surface area contributed by atoms with Gasteiger partial charge in [-0.1, -0.05) is 26.0 Å². The zero-order valence-electron chi connectivity index (χ0n) is 11.3. The van der Waals surface area contributed by atoms with Gasteiger partial charge in [0.05, 0.1) is 23.1 Å². The lowest BCUT2D eigenvalue weighted by atomic mass is 10.0. The van der Waals surface area contributed by atoms with Crippen molar-refractivity contribution in [3.05, 3.63) is 47.3 Å². The van der Waals surface area contributed by atoms with Gasteiger partial charge in [0.1, 0.15) is 0 Å². The number of carbonyl (C=O) groups is 1. The predicted octanol–water partition coefficient (Wildman–Crippen LogP) is 1.91. The Morgan fingerprint density at radius 3 is 2.47 bits per heavy atom. The minimum Gasteiger partial charge on any atom is -0.290 e. The quantitative estimate of drug-likeness (QED) is 0.502. The maximum Gasteiger partial charge on any atom is 0.268 e. The van der Waals surface area contributed by atoms with Crippen molar-refractivity contribution in [2.45, 2.75) is 26.7 Å². The topological polar surface area (TPSA) is 72.9 Å². The average molecular weight is 258 g/mol. The van der Waals surface area contributed by atoms with Gasteiger partial charge in [0.2, 0.25) is 0 Å². The molecule has 0 aliphatic carbocycles. The molecule has 0 fully saturated rings. The van der Waals surface area contributed by atoms with Gasteiger partial charge in [0.25, 0.3) is 5.91 Å². The number of amides is 1. The molecule has 0 atom stereocenters. The number of hydrogen-bond donors (Lipinski definition) is 2. The Kier molecular flexibility index (Phi) is 3.66. The molecule has 5 heteroatoms. The summed E-state index contributed by atoms with van der Waals surface area (Å²) < 4.78 is 1.73. The SMILES string of the molecule is Cc1c(C(=O)NN)cnn1-c1ccc(C(C)C)cc1. The van der Waals surface area contributed by atoms with Crippen LogP contribution in [0.3, 0.4) is 0 Å². The molecule has 2 aromatic rings. The van der Waals surface area contributed by atoms with Gasteiger partial charge in [-0.15, -0.1) is 0 Å². The summed E-state index contributed by atoms with van der Waals surface area (Å²) in [6.45, 7) is 6.14. The van der Waals surface area contributed by atoms with E-state index in [1.54, 1.807) is 4.68 Å². The van der Waals surface area contributed by atoms with E-state index in [0.29, 0.717) is 11.5 Å². The van der Waals surface area contributed by atoms with Crippen LogP contribution in [0, 0.1) is 6.92 Å². The summed E-state index contributed by atoms with van der Waals surface area (Å²) in [6, 6.07) is 8.15. The molecule has 3 N–H and O–H groups in total. The summed E-state index contributed by atoms with van der Waals surface area (Å²) in [5, 5.41) is 4.23. The van der Waals surface area contributed by atoms with Crippen LogP contribution >= 0.6 is 0 Å². The molecule has 5 nitrogen and oxygen atoms in total. The van der Waals surface area contributed by atoms with Crippen molar-refractivity contribution in [2.24, 2.45) is 5.84 Å². The van der Waals surface area contributed by atoms with Crippen LogP contribution in [-0.2, 0) is 0 Å². The van der Waals surface area contributed by atoms with E-state index in [2.05, 4.69) is 36.5 Å². The minimum atomic E-state index is -0.331. The zero-order valence-corrected chi connectivity index (χ0v) is 11.3. The molecule has 1 aromatic heterocycles. The number of rotatable bonds is 3. The number of nitrogens with two attached hydrogens (primary N) is 1. The maximum atomic E-state index is 11.5. The van der Waals surface area contributed by atoms with Gasteiger partial charge in [0, 0.05) is 0 Å². The van der Waals surface area contributed by atoms with Crippen LogP contribution in [0.5, 0.6) is 0 Å². The molecule has 0 saturated carbocycles. The van der Waals surface area contributed by atoms with Gasteiger partial charge in [0.15, 0.2) is 0 Å². The number of aromatic nitrogens is 2. The standard InChI is InChI=1S/C14H18N4O/c1-9(2)11-4-6-12(7-5-11)18-10(3)13(8-16-18)14(19)17-15/h4-9H,15H2,1-3H3,(H,17,19). The summed E-state index contributed by atoms with van der Waals surface area (Å²) in [6.07, 6.45) is 1.52. The molecule has 2 rings (SSSR count). The molecular formula is C14H18N4O. The first kappa shape index (κ1) is 13.3. The largest absolute Gasteiger partial charge is 0.290 e. The molecule has 1 aromatic carbocycles. The number of nitrogens with one attached hydrogen (secondary N) is 1. The van der Waals surface area contributed by atoms with Crippen LogP contribution in [0.25, 0.3) is 5.69 Å². The number of hydrazine groups is 1. The Labute approximate surface area is 112 Å². The van der Waals surface area contributed by atoms with Gasteiger partial charge in [-0.05, 0) is 30.5 Å². The first-order valence-corrected chi connectivity index (χ1v) is 6.20. The van der Waals surface area contributed by atoms with Crippen molar-refractivity contribution in [1.82, 2.24) is 15.2 Å². The van der Waals surface area contributed by atoms with Crippen LogP contribution in [0.15, 0.2) is 30.5 Å². The van der Waals surface area contributed by atoms with Crippen LogP contribution in [0.1, 0.15) is 41.4 Å². The number of nitrogens with zero attached hydrogens (tertiary/aromatic N) is 2. The lowest BCUT2D eigenvalue weighted by Gasteiger charge is -2.08. The van der Waals surface area contributed by atoms with E-state index >= 15 is 0 Å². The average Bonchev–Trinajstić information content (AvgIpc) is 2.80. The Hall–Kier alpha value is -2.14. The van der Waals surface area contributed by atoms with E-state index in [1.807, 2.05) is 19.1 Å². The molecule has 0 radical (unpaired) electrons. The summed E-state index contributed by atoms with van der Waals surface area (Å²) >= 11 is 0. The molecule has 0 unspecified atom stereocenters. The second-order valence-corrected chi connectivity index (χ2v) is 4.78. The molecule has 19 heavy (non-hydrogen) atoms. The molecule has 0 bridgehead atoms. The molecule has 1 amide bonds. The van der Waals surface area contributed by atoms with Gasteiger partial charge in [-0.3, -0.25) is 10.2 Å². The second kappa shape index (κ2) is 5.24. The number of carbonyl (C=O) groups excluding carboxylic acids is 1. The summed E-state index contributed by atoms with van der Waals surface area (Å²) in [4.78, 5) is 11.5. The van der Waals surface area contributed by atoms with Gasteiger partial charge in [-0.25, -0.2) is 10.5 Å². The van der Waals surface area contributed by atoms with Crippen LogP contribution in [-0.4, -0.2) is 15.7 Å².